The van der Waals surface area contributed by atoms with Crippen LogP contribution in [0.3, 0.4) is 0 Å². The lowest BCUT2D eigenvalue weighted by molar-refractivity contribution is -0.0161. The van der Waals surface area contributed by atoms with Gasteiger partial charge in [0.15, 0.2) is 5.13 Å². The number of aliphatic hydroxyl groups is 2. The minimum atomic E-state index is -0.759. The molecule has 4 heterocycles. The van der Waals surface area contributed by atoms with Crippen LogP contribution in [0.25, 0.3) is 21.6 Å². The molecular weight excluding hydrogens is 436 g/mol. The van der Waals surface area contributed by atoms with E-state index < -0.39 is 12.2 Å². The van der Waals surface area contributed by atoms with Crippen LogP contribution in [0.2, 0.25) is 0 Å². The molecule has 8 nitrogen and oxygen atoms in total. The zero-order valence-corrected chi connectivity index (χ0v) is 18.7. The van der Waals surface area contributed by atoms with Crippen molar-refractivity contribution in [1.29, 1.82) is 0 Å². The molecule has 1 aliphatic carbocycles. The number of nitrogens with one attached hydrogen (secondary N) is 1. The molecule has 0 radical (unpaired) electrons. The molecule has 33 heavy (non-hydrogen) atoms. The molecule has 1 aliphatic rings. The molecule has 9 heteroatoms. The van der Waals surface area contributed by atoms with Crippen molar-refractivity contribution in [1.82, 2.24) is 24.1 Å². The maximum atomic E-state index is 10.3. The Morgan fingerprint density at radius 2 is 2.03 bits per heavy atom. The van der Waals surface area contributed by atoms with Gasteiger partial charge < -0.3 is 19.9 Å². The SMILES string of the molecule is OC1CCCC(Nc2nc3ccc(Cc4cn5ccc(-n6cccn6)cc5n4)cc3s2)C1O. The van der Waals surface area contributed by atoms with Crippen molar-refractivity contribution < 1.29 is 10.2 Å². The third-order valence-corrected chi connectivity index (χ3v) is 7.18. The van der Waals surface area contributed by atoms with Crippen molar-refractivity contribution in [2.45, 2.75) is 43.9 Å². The third kappa shape index (κ3) is 3.99. The molecule has 0 saturated heterocycles. The smallest absolute Gasteiger partial charge is 0.184 e. The van der Waals surface area contributed by atoms with Gasteiger partial charge in [0, 0.05) is 37.3 Å². The number of fused-ring (bicyclic) bond motifs is 2. The van der Waals surface area contributed by atoms with E-state index in [-0.39, 0.29) is 6.04 Å². The highest BCUT2D eigenvalue weighted by Gasteiger charge is 2.30. The average molecular weight is 461 g/mol. The Kier molecular flexibility index (Phi) is 5.09. The monoisotopic (exact) mass is 460 g/mol. The normalized spacial score (nSPS) is 21.1. The van der Waals surface area contributed by atoms with Gasteiger partial charge in [0.2, 0.25) is 0 Å². The second kappa shape index (κ2) is 8.26. The van der Waals surface area contributed by atoms with E-state index in [0.29, 0.717) is 6.42 Å². The summed E-state index contributed by atoms with van der Waals surface area (Å²) in [6, 6.07) is 12.1. The Morgan fingerprint density at radius 3 is 2.91 bits per heavy atom. The molecular formula is C24H24N6O2S. The van der Waals surface area contributed by atoms with Crippen molar-refractivity contribution in [3.8, 4) is 5.69 Å². The summed E-state index contributed by atoms with van der Waals surface area (Å²) in [5.41, 5.74) is 4.95. The van der Waals surface area contributed by atoms with Gasteiger partial charge in [-0.05, 0) is 49.1 Å². The lowest BCUT2D eigenvalue weighted by atomic mass is 9.90. The van der Waals surface area contributed by atoms with Crippen molar-refractivity contribution >= 4 is 32.3 Å². The first-order chi connectivity index (χ1) is 16.1. The third-order valence-electron chi connectivity index (χ3n) is 6.23. The van der Waals surface area contributed by atoms with Crippen molar-refractivity contribution in [2.75, 3.05) is 5.32 Å². The second-order valence-corrected chi connectivity index (χ2v) is 9.60. The van der Waals surface area contributed by atoms with Crippen molar-refractivity contribution in [2.24, 2.45) is 0 Å². The predicted octanol–water partition coefficient (Wildman–Crippen LogP) is 3.41. The van der Waals surface area contributed by atoms with Gasteiger partial charge in [-0.1, -0.05) is 17.4 Å². The van der Waals surface area contributed by atoms with Crippen LogP contribution in [0.5, 0.6) is 0 Å². The molecule has 4 aromatic heterocycles. The highest BCUT2D eigenvalue weighted by Crippen LogP contribution is 2.30. The zero-order valence-electron chi connectivity index (χ0n) is 17.9. The van der Waals surface area contributed by atoms with Gasteiger partial charge >= 0.3 is 0 Å². The summed E-state index contributed by atoms with van der Waals surface area (Å²) >= 11 is 1.57. The summed E-state index contributed by atoms with van der Waals surface area (Å²) in [7, 11) is 0. The van der Waals surface area contributed by atoms with E-state index in [1.165, 1.54) is 5.56 Å². The van der Waals surface area contributed by atoms with Crippen LogP contribution in [0, 0.1) is 0 Å². The number of pyridine rings is 1. The van der Waals surface area contributed by atoms with E-state index in [4.69, 9.17) is 4.98 Å². The topological polar surface area (TPSA) is 100 Å². The minimum absolute atomic E-state index is 0.168. The van der Waals surface area contributed by atoms with Gasteiger partial charge in [-0.2, -0.15) is 5.10 Å². The Morgan fingerprint density at radius 1 is 1.09 bits per heavy atom. The molecule has 1 saturated carbocycles. The van der Waals surface area contributed by atoms with Gasteiger partial charge in [-0.3, -0.25) is 0 Å². The summed E-state index contributed by atoms with van der Waals surface area (Å²) in [5, 5.41) is 28.6. The van der Waals surface area contributed by atoms with E-state index >= 15 is 0 Å². The van der Waals surface area contributed by atoms with Gasteiger partial charge in [-0.25, -0.2) is 14.6 Å². The number of aliphatic hydroxyl groups excluding tert-OH is 2. The molecule has 0 amide bonds. The molecule has 1 fully saturated rings. The van der Waals surface area contributed by atoms with Crippen LogP contribution < -0.4 is 5.32 Å². The first-order valence-electron chi connectivity index (χ1n) is 11.1. The van der Waals surface area contributed by atoms with E-state index in [1.54, 1.807) is 17.5 Å². The Hall–Kier alpha value is -3.27. The Bertz CT molecular complexity index is 1410. The van der Waals surface area contributed by atoms with Crippen molar-refractivity contribution in [3.05, 3.63) is 72.4 Å². The second-order valence-electron chi connectivity index (χ2n) is 8.57. The summed E-state index contributed by atoms with van der Waals surface area (Å²) in [4.78, 5) is 9.47. The molecule has 3 N–H and O–H groups in total. The van der Waals surface area contributed by atoms with Gasteiger partial charge in [0.1, 0.15) is 5.65 Å². The standard InChI is InChI=1S/C24H24N6O2S/c31-20-4-1-3-19(23(20)32)28-24-27-18-6-5-15(12-21(18)33-24)11-16-14-29-10-7-17(13-22(29)26-16)30-9-2-8-25-30/h2,5-10,12-14,19-20,23,31-32H,1,3-4,11H2,(H,27,28). The fourth-order valence-electron chi connectivity index (χ4n) is 4.50. The maximum absolute atomic E-state index is 10.3. The summed E-state index contributed by atoms with van der Waals surface area (Å²) in [6.45, 7) is 0. The van der Waals surface area contributed by atoms with Crippen LogP contribution in [0.15, 0.2) is 61.2 Å². The number of thiazole rings is 1. The van der Waals surface area contributed by atoms with Gasteiger partial charge in [0.25, 0.3) is 0 Å². The maximum Gasteiger partial charge on any atom is 0.184 e. The van der Waals surface area contributed by atoms with Crippen molar-refractivity contribution in [3.63, 3.8) is 0 Å². The molecule has 3 unspecified atom stereocenters. The molecule has 0 bridgehead atoms. The average Bonchev–Trinajstić information content (AvgIpc) is 3.55. The fourth-order valence-corrected chi connectivity index (χ4v) is 5.49. The summed E-state index contributed by atoms with van der Waals surface area (Å²) in [6.07, 6.45) is 9.41. The van der Waals surface area contributed by atoms with Crippen LogP contribution in [-0.2, 0) is 6.42 Å². The van der Waals surface area contributed by atoms with Gasteiger partial charge in [0.05, 0.1) is 39.8 Å². The number of benzene rings is 1. The number of anilines is 1. The largest absolute Gasteiger partial charge is 0.390 e. The lowest BCUT2D eigenvalue weighted by Crippen LogP contribution is -2.45. The Balaban J connectivity index is 1.21. The summed E-state index contributed by atoms with van der Waals surface area (Å²) < 4.78 is 4.94. The number of imidazole rings is 1. The molecule has 6 rings (SSSR count). The quantitative estimate of drug-likeness (QED) is 0.372. The molecule has 0 aliphatic heterocycles. The number of aromatic nitrogens is 5. The highest BCUT2D eigenvalue weighted by atomic mass is 32.1. The summed E-state index contributed by atoms with van der Waals surface area (Å²) in [5.74, 6) is 0. The fraction of sp³-hybridized carbons (Fsp3) is 0.292. The van der Waals surface area contributed by atoms with Crippen LogP contribution in [0.4, 0.5) is 5.13 Å². The van der Waals surface area contributed by atoms with E-state index in [9.17, 15) is 10.2 Å². The van der Waals surface area contributed by atoms with Crippen LogP contribution >= 0.6 is 11.3 Å². The number of hydrogen-bond acceptors (Lipinski definition) is 7. The van der Waals surface area contributed by atoms with E-state index in [0.717, 1.165) is 51.6 Å². The van der Waals surface area contributed by atoms with Crippen LogP contribution in [0.1, 0.15) is 30.5 Å². The first kappa shape index (κ1) is 20.3. The predicted molar refractivity (Wildman–Crippen MR) is 128 cm³/mol. The Labute approximate surface area is 194 Å². The molecule has 1 aromatic carbocycles. The first-order valence-corrected chi connectivity index (χ1v) is 11.9. The highest BCUT2D eigenvalue weighted by molar-refractivity contribution is 7.22. The zero-order chi connectivity index (χ0) is 22.4. The minimum Gasteiger partial charge on any atom is -0.390 e. The molecule has 3 atom stereocenters. The number of hydrogen-bond donors (Lipinski definition) is 3. The number of nitrogens with zero attached hydrogens (tertiary/aromatic N) is 5. The number of rotatable bonds is 5. The van der Waals surface area contributed by atoms with E-state index in [2.05, 4.69) is 33.7 Å². The van der Waals surface area contributed by atoms with Gasteiger partial charge in [-0.15, -0.1) is 0 Å². The molecule has 0 spiro atoms. The van der Waals surface area contributed by atoms with E-state index in [1.807, 2.05) is 45.7 Å². The molecule has 168 valence electrons. The lowest BCUT2D eigenvalue weighted by Gasteiger charge is -2.32. The van der Waals surface area contributed by atoms with Crippen LogP contribution in [-0.4, -0.2) is 52.6 Å². The molecule has 5 aromatic rings.